The summed E-state index contributed by atoms with van der Waals surface area (Å²) in [5.41, 5.74) is 3.06. The SMILES string of the molecule is COc1ccc(S(=O)(=O)N(C2CC(=O)N(c3ccc(-c4nc5ccccc5o4)cc3)C2=O)C(C)c2ccccc2)cc1. The van der Waals surface area contributed by atoms with Crippen molar-refractivity contribution in [2.24, 2.45) is 0 Å². The highest BCUT2D eigenvalue weighted by atomic mass is 32.2. The van der Waals surface area contributed by atoms with Gasteiger partial charge in [-0.2, -0.15) is 4.31 Å². The first-order valence-corrected chi connectivity index (χ1v) is 14.8. The molecule has 1 aliphatic heterocycles. The Morgan fingerprint density at radius 3 is 2.24 bits per heavy atom. The molecule has 0 bridgehead atoms. The highest BCUT2D eigenvalue weighted by Crippen LogP contribution is 2.36. The number of sulfonamides is 1. The monoisotopic (exact) mass is 581 g/mol. The fourth-order valence-electron chi connectivity index (χ4n) is 5.23. The second kappa shape index (κ2) is 10.9. The molecule has 2 heterocycles. The molecule has 42 heavy (non-hydrogen) atoms. The van der Waals surface area contributed by atoms with Crippen LogP contribution in [-0.2, 0) is 19.6 Å². The van der Waals surface area contributed by atoms with Gasteiger partial charge in [-0.15, -0.1) is 0 Å². The molecule has 0 radical (unpaired) electrons. The molecule has 0 N–H and O–H groups in total. The quantitative estimate of drug-likeness (QED) is 0.220. The molecular weight excluding hydrogens is 554 g/mol. The number of carbonyl (C=O) groups is 2. The number of fused-ring (bicyclic) bond motifs is 1. The van der Waals surface area contributed by atoms with E-state index in [4.69, 9.17) is 9.15 Å². The summed E-state index contributed by atoms with van der Waals surface area (Å²) < 4.78 is 40.3. The Balaban J connectivity index is 1.34. The summed E-state index contributed by atoms with van der Waals surface area (Å²) in [5.74, 6) is -0.200. The molecule has 1 fully saturated rings. The Morgan fingerprint density at radius 1 is 0.905 bits per heavy atom. The Kier molecular flexibility index (Phi) is 7.09. The van der Waals surface area contributed by atoms with Gasteiger partial charge in [-0.05, 0) is 73.2 Å². The summed E-state index contributed by atoms with van der Waals surface area (Å²) in [6, 6.07) is 27.1. The molecule has 6 rings (SSSR count). The molecule has 4 aromatic carbocycles. The van der Waals surface area contributed by atoms with Gasteiger partial charge in [-0.1, -0.05) is 42.5 Å². The van der Waals surface area contributed by atoms with E-state index in [2.05, 4.69) is 4.98 Å². The minimum absolute atomic E-state index is 0.00697. The van der Waals surface area contributed by atoms with E-state index in [-0.39, 0.29) is 11.3 Å². The summed E-state index contributed by atoms with van der Waals surface area (Å²) in [7, 11) is -2.73. The van der Waals surface area contributed by atoms with Crippen LogP contribution in [0, 0.1) is 0 Å². The molecule has 0 spiro atoms. The number of methoxy groups -OCH3 is 1. The van der Waals surface area contributed by atoms with Gasteiger partial charge in [-0.25, -0.2) is 18.3 Å². The maximum absolute atomic E-state index is 14.1. The topological polar surface area (TPSA) is 110 Å². The minimum Gasteiger partial charge on any atom is -0.497 e. The first-order valence-electron chi connectivity index (χ1n) is 13.3. The van der Waals surface area contributed by atoms with Gasteiger partial charge in [-0.3, -0.25) is 9.59 Å². The maximum atomic E-state index is 14.1. The highest BCUT2D eigenvalue weighted by Gasteiger charge is 2.49. The van der Waals surface area contributed by atoms with E-state index < -0.39 is 33.9 Å². The van der Waals surface area contributed by atoms with Gasteiger partial charge in [0.15, 0.2) is 5.58 Å². The van der Waals surface area contributed by atoms with Crippen molar-refractivity contribution in [3.05, 3.63) is 109 Å². The van der Waals surface area contributed by atoms with Crippen molar-refractivity contribution in [3.8, 4) is 17.2 Å². The second-order valence-electron chi connectivity index (χ2n) is 9.92. The van der Waals surface area contributed by atoms with Gasteiger partial charge in [0.25, 0.3) is 5.91 Å². The average molecular weight is 582 g/mol. The van der Waals surface area contributed by atoms with Gasteiger partial charge in [0.2, 0.25) is 21.8 Å². The molecule has 2 amide bonds. The standard InChI is InChI=1S/C32H27N3O6S/c1-21(22-8-4-3-5-9-22)35(42(38,39)26-18-16-25(40-2)17-19-26)28-20-30(36)34(32(28)37)24-14-12-23(13-15-24)31-33-27-10-6-7-11-29(27)41-31/h3-19,21,28H,20H2,1-2H3. The van der Waals surface area contributed by atoms with Gasteiger partial charge in [0.05, 0.1) is 24.1 Å². The Bertz CT molecular complexity index is 1840. The fourth-order valence-corrected chi connectivity index (χ4v) is 6.99. The predicted octanol–water partition coefficient (Wildman–Crippen LogP) is 5.59. The number of nitrogens with zero attached hydrogens (tertiary/aromatic N) is 3. The van der Waals surface area contributed by atoms with Crippen LogP contribution in [-0.4, -0.2) is 42.7 Å². The van der Waals surface area contributed by atoms with E-state index in [1.165, 1.54) is 19.2 Å². The van der Waals surface area contributed by atoms with Crippen molar-refractivity contribution in [1.29, 1.82) is 0 Å². The van der Waals surface area contributed by atoms with Gasteiger partial charge in [0, 0.05) is 11.6 Å². The van der Waals surface area contributed by atoms with Crippen LogP contribution in [0.1, 0.15) is 24.9 Å². The molecule has 0 aliphatic carbocycles. The number of ether oxygens (including phenoxy) is 1. The molecule has 2 unspecified atom stereocenters. The van der Waals surface area contributed by atoms with Gasteiger partial charge in [0.1, 0.15) is 17.3 Å². The number of para-hydroxylation sites is 2. The third-order valence-corrected chi connectivity index (χ3v) is 9.39. The van der Waals surface area contributed by atoms with E-state index >= 15 is 0 Å². The maximum Gasteiger partial charge on any atom is 0.252 e. The number of amides is 2. The third-order valence-electron chi connectivity index (χ3n) is 7.39. The number of anilines is 1. The van der Waals surface area contributed by atoms with Crippen LogP contribution in [0.15, 0.2) is 112 Å². The summed E-state index contributed by atoms with van der Waals surface area (Å²) >= 11 is 0. The van der Waals surface area contributed by atoms with Gasteiger partial charge >= 0.3 is 0 Å². The summed E-state index contributed by atoms with van der Waals surface area (Å²) in [5, 5.41) is 0. The van der Waals surface area contributed by atoms with Crippen LogP contribution in [0.5, 0.6) is 5.75 Å². The smallest absolute Gasteiger partial charge is 0.252 e. The molecule has 2 atom stereocenters. The Morgan fingerprint density at radius 2 is 1.57 bits per heavy atom. The van der Waals surface area contributed by atoms with Crippen LogP contribution in [0.2, 0.25) is 0 Å². The normalized spacial score (nSPS) is 16.4. The number of imide groups is 1. The Labute approximate surface area is 243 Å². The number of rotatable bonds is 8. The lowest BCUT2D eigenvalue weighted by Gasteiger charge is -2.32. The van der Waals surface area contributed by atoms with Crippen LogP contribution >= 0.6 is 0 Å². The van der Waals surface area contributed by atoms with Gasteiger partial charge < -0.3 is 9.15 Å². The largest absolute Gasteiger partial charge is 0.497 e. The molecule has 10 heteroatoms. The minimum atomic E-state index is -4.22. The van der Waals surface area contributed by atoms with Crippen molar-refractivity contribution in [2.45, 2.75) is 30.3 Å². The zero-order chi connectivity index (χ0) is 29.4. The molecule has 1 aromatic heterocycles. The van der Waals surface area contributed by atoms with Crippen molar-refractivity contribution < 1.29 is 27.2 Å². The van der Waals surface area contributed by atoms with E-state index in [1.807, 2.05) is 30.3 Å². The zero-order valence-corrected chi connectivity index (χ0v) is 23.7. The van der Waals surface area contributed by atoms with Crippen LogP contribution < -0.4 is 9.64 Å². The van der Waals surface area contributed by atoms with E-state index in [0.29, 0.717) is 34.0 Å². The van der Waals surface area contributed by atoms with Crippen LogP contribution in [0.4, 0.5) is 5.69 Å². The van der Waals surface area contributed by atoms with E-state index in [1.54, 1.807) is 67.6 Å². The summed E-state index contributed by atoms with van der Waals surface area (Å²) in [6.07, 6.45) is -0.293. The van der Waals surface area contributed by atoms with Crippen LogP contribution in [0.3, 0.4) is 0 Å². The van der Waals surface area contributed by atoms with E-state index in [0.717, 1.165) is 14.7 Å². The molecule has 9 nitrogen and oxygen atoms in total. The van der Waals surface area contributed by atoms with Crippen molar-refractivity contribution in [2.75, 3.05) is 12.0 Å². The molecule has 0 saturated carbocycles. The number of oxazole rings is 1. The zero-order valence-electron chi connectivity index (χ0n) is 22.9. The summed E-state index contributed by atoms with van der Waals surface area (Å²) in [6.45, 7) is 1.71. The highest BCUT2D eigenvalue weighted by molar-refractivity contribution is 7.89. The third kappa shape index (κ3) is 4.84. The molecule has 1 aliphatic rings. The molecule has 5 aromatic rings. The predicted molar refractivity (Wildman–Crippen MR) is 157 cm³/mol. The number of carbonyl (C=O) groups excluding carboxylic acids is 2. The lowest BCUT2D eigenvalue weighted by Crippen LogP contribution is -2.46. The van der Waals surface area contributed by atoms with Crippen LogP contribution in [0.25, 0.3) is 22.6 Å². The first kappa shape index (κ1) is 27.4. The lowest BCUT2D eigenvalue weighted by atomic mass is 10.1. The first-order chi connectivity index (χ1) is 20.3. The molecule has 1 saturated heterocycles. The number of hydrogen-bond donors (Lipinski definition) is 0. The second-order valence-corrected chi connectivity index (χ2v) is 11.8. The van der Waals surface area contributed by atoms with Crippen molar-refractivity contribution >= 4 is 38.6 Å². The number of aromatic nitrogens is 1. The Hall–Kier alpha value is -4.80. The van der Waals surface area contributed by atoms with Crippen molar-refractivity contribution in [1.82, 2.24) is 9.29 Å². The molecular formula is C32H27N3O6S. The average Bonchev–Trinajstić information content (AvgIpc) is 3.58. The fraction of sp³-hybridized carbons (Fsp3) is 0.156. The number of hydrogen-bond acceptors (Lipinski definition) is 7. The lowest BCUT2D eigenvalue weighted by molar-refractivity contribution is -0.122. The number of benzene rings is 4. The van der Waals surface area contributed by atoms with E-state index in [9.17, 15) is 18.0 Å². The molecule has 212 valence electrons. The van der Waals surface area contributed by atoms with Crippen molar-refractivity contribution in [3.63, 3.8) is 0 Å². The summed E-state index contributed by atoms with van der Waals surface area (Å²) in [4.78, 5) is 32.7.